The number of hydrogen-bond acceptors (Lipinski definition) is 3. The van der Waals surface area contributed by atoms with Gasteiger partial charge in [-0.05, 0) is 52.3 Å². The number of pyridine rings is 1. The highest BCUT2D eigenvalue weighted by atomic mass is 79.9. The van der Waals surface area contributed by atoms with E-state index in [-0.39, 0.29) is 0 Å². The molecule has 0 aliphatic rings. The average molecular weight is 318 g/mol. The largest absolute Gasteiger partial charge is 0.497 e. The minimum Gasteiger partial charge on any atom is -0.497 e. The number of anilines is 1. The number of nitrogens with two attached hydrogens (primary N) is 1. The van der Waals surface area contributed by atoms with Gasteiger partial charge in [0.15, 0.2) is 0 Å². The Morgan fingerprint density at radius 1 is 1.21 bits per heavy atom. The molecule has 2 N–H and O–H groups in total. The Bertz CT molecular complexity index is 734. The molecule has 0 spiro atoms. The molecule has 4 nitrogen and oxygen atoms in total. The van der Waals surface area contributed by atoms with Crippen molar-refractivity contribution in [2.24, 2.45) is 0 Å². The number of aromatic nitrogens is 2. The van der Waals surface area contributed by atoms with Crippen LogP contribution in [-0.4, -0.2) is 16.5 Å². The van der Waals surface area contributed by atoms with Crippen molar-refractivity contribution in [2.45, 2.75) is 0 Å². The van der Waals surface area contributed by atoms with Crippen molar-refractivity contribution in [3.63, 3.8) is 0 Å². The second-order valence-corrected chi connectivity index (χ2v) is 4.92. The Morgan fingerprint density at radius 2 is 1.95 bits per heavy atom. The van der Waals surface area contributed by atoms with Crippen LogP contribution in [0.3, 0.4) is 0 Å². The summed E-state index contributed by atoms with van der Waals surface area (Å²) in [5.74, 6) is 1.69. The van der Waals surface area contributed by atoms with E-state index in [1.807, 2.05) is 47.0 Å². The summed E-state index contributed by atoms with van der Waals surface area (Å²) in [5, 5.41) is 0. The number of methoxy groups -OCH3 is 1. The molecule has 2 aromatic heterocycles. The van der Waals surface area contributed by atoms with Crippen molar-refractivity contribution < 1.29 is 4.74 Å². The molecule has 0 saturated carbocycles. The lowest BCUT2D eigenvalue weighted by Crippen LogP contribution is -1.91. The fourth-order valence-corrected chi connectivity index (χ4v) is 2.48. The van der Waals surface area contributed by atoms with Crippen LogP contribution in [0.15, 0.2) is 47.2 Å². The number of halogens is 1. The molecule has 3 aromatic rings. The van der Waals surface area contributed by atoms with E-state index in [0.717, 1.165) is 32.9 Å². The van der Waals surface area contributed by atoms with Crippen molar-refractivity contribution in [2.75, 3.05) is 12.8 Å². The molecule has 1 aromatic carbocycles. The Balaban J connectivity index is 2.19. The zero-order valence-corrected chi connectivity index (χ0v) is 11.9. The first-order valence-electron chi connectivity index (χ1n) is 5.76. The molecule has 96 valence electrons. The topological polar surface area (TPSA) is 52.5 Å². The van der Waals surface area contributed by atoms with Gasteiger partial charge in [0.25, 0.3) is 0 Å². The lowest BCUT2D eigenvalue weighted by molar-refractivity contribution is 0.415. The van der Waals surface area contributed by atoms with Crippen molar-refractivity contribution in [1.82, 2.24) is 9.38 Å². The third kappa shape index (κ3) is 2.06. The molecule has 0 amide bonds. The standard InChI is InChI=1S/C14H12BrN3O/c1-19-11-4-2-9(3-5-11)14-17-13(15)12-8-10(16)6-7-18(12)14/h2-8H,16H2,1H3. The van der Waals surface area contributed by atoms with Crippen LogP contribution < -0.4 is 10.5 Å². The van der Waals surface area contributed by atoms with Crippen LogP contribution in [-0.2, 0) is 0 Å². The van der Waals surface area contributed by atoms with Gasteiger partial charge >= 0.3 is 0 Å². The number of fused-ring (bicyclic) bond motifs is 1. The molecule has 0 bridgehead atoms. The fraction of sp³-hybridized carbons (Fsp3) is 0.0714. The van der Waals surface area contributed by atoms with Crippen LogP contribution in [0.4, 0.5) is 5.69 Å². The van der Waals surface area contributed by atoms with Crippen LogP contribution in [0, 0.1) is 0 Å². The van der Waals surface area contributed by atoms with E-state index in [4.69, 9.17) is 10.5 Å². The molecule has 3 rings (SSSR count). The quantitative estimate of drug-likeness (QED) is 0.788. The number of ether oxygens (including phenoxy) is 1. The first-order chi connectivity index (χ1) is 9.19. The van der Waals surface area contributed by atoms with Gasteiger partial charge in [0.2, 0.25) is 0 Å². The summed E-state index contributed by atoms with van der Waals surface area (Å²) in [6.07, 6.45) is 1.92. The summed E-state index contributed by atoms with van der Waals surface area (Å²) < 4.78 is 7.95. The Labute approximate surface area is 119 Å². The summed E-state index contributed by atoms with van der Waals surface area (Å²) in [7, 11) is 1.65. The van der Waals surface area contributed by atoms with Gasteiger partial charge in [0, 0.05) is 17.4 Å². The smallest absolute Gasteiger partial charge is 0.145 e. The predicted octanol–water partition coefficient (Wildman–Crippen LogP) is 3.35. The second kappa shape index (κ2) is 4.59. The number of rotatable bonds is 2. The highest BCUT2D eigenvalue weighted by Crippen LogP contribution is 2.28. The summed E-state index contributed by atoms with van der Waals surface area (Å²) >= 11 is 3.47. The average Bonchev–Trinajstić information content (AvgIpc) is 2.76. The van der Waals surface area contributed by atoms with Crippen LogP contribution in [0.2, 0.25) is 0 Å². The van der Waals surface area contributed by atoms with Gasteiger partial charge in [0.1, 0.15) is 16.2 Å². The van der Waals surface area contributed by atoms with Gasteiger partial charge in [-0.2, -0.15) is 0 Å². The molecular formula is C14H12BrN3O. The van der Waals surface area contributed by atoms with Gasteiger partial charge in [-0.1, -0.05) is 0 Å². The maximum absolute atomic E-state index is 5.80. The molecule has 0 radical (unpaired) electrons. The van der Waals surface area contributed by atoms with E-state index < -0.39 is 0 Å². The minimum atomic E-state index is 0.717. The second-order valence-electron chi connectivity index (χ2n) is 4.17. The molecule has 0 unspecified atom stereocenters. The molecule has 5 heteroatoms. The number of nitrogen functional groups attached to an aromatic ring is 1. The fourth-order valence-electron chi connectivity index (χ4n) is 2.01. The van der Waals surface area contributed by atoms with E-state index in [0.29, 0.717) is 0 Å². The highest BCUT2D eigenvalue weighted by Gasteiger charge is 2.11. The zero-order chi connectivity index (χ0) is 13.4. The van der Waals surface area contributed by atoms with Crippen molar-refractivity contribution in [3.05, 3.63) is 47.2 Å². The van der Waals surface area contributed by atoms with Gasteiger partial charge in [-0.25, -0.2) is 4.98 Å². The molecule has 19 heavy (non-hydrogen) atoms. The molecule has 0 fully saturated rings. The summed E-state index contributed by atoms with van der Waals surface area (Å²) in [6.45, 7) is 0. The SMILES string of the molecule is COc1ccc(-c2nc(Br)c3cc(N)ccn23)cc1. The molecule has 0 aliphatic heterocycles. The lowest BCUT2D eigenvalue weighted by atomic mass is 10.2. The summed E-state index contributed by atoms with van der Waals surface area (Å²) in [4.78, 5) is 4.54. The summed E-state index contributed by atoms with van der Waals surface area (Å²) in [5.41, 5.74) is 8.49. The molecule has 2 heterocycles. The van der Waals surface area contributed by atoms with Crippen LogP contribution in [0.1, 0.15) is 0 Å². The monoisotopic (exact) mass is 317 g/mol. The molecule has 0 atom stereocenters. The number of hydrogen-bond donors (Lipinski definition) is 1. The zero-order valence-electron chi connectivity index (χ0n) is 10.3. The van der Waals surface area contributed by atoms with Crippen molar-refractivity contribution in [3.8, 4) is 17.1 Å². The van der Waals surface area contributed by atoms with Gasteiger partial charge in [-0.3, -0.25) is 4.40 Å². The third-order valence-electron chi connectivity index (χ3n) is 2.97. The molecular weight excluding hydrogens is 306 g/mol. The van der Waals surface area contributed by atoms with Crippen LogP contribution >= 0.6 is 15.9 Å². The predicted molar refractivity (Wildman–Crippen MR) is 79.3 cm³/mol. The Morgan fingerprint density at radius 3 is 2.63 bits per heavy atom. The van der Waals surface area contributed by atoms with Crippen molar-refractivity contribution in [1.29, 1.82) is 0 Å². The maximum Gasteiger partial charge on any atom is 0.145 e. The van der Waals surface area contributed by atoms with Crippen LogP contribution in [0.25, 0.3) is 16.9 Å². The maximum atomic E-state index is 5.80. The van der Waals surface area contributed by atoms with E-state index in [9.17, 15) is 0 Å². The number of imidazole rings is 1. The Kier molecular flexibility index (Phi) is 2.91. The van der Waals surface area contributed by atoms with Gasteiger partial charge in [-0.15, -0.1) is 0 Å². The first-order valence-corrected chi connectivity index (χ1v) is 6.56. The third-order valence-corrected chi connectivity index (χ3v) is 3.55. The van der Waals surface area contributed by atoms with Gasteiger partial charge in [0.05, 0.1) is 12.6 Å². The minimum absolute atomic E-state index is 0.717. The molecule has 0 aliphatic carbocycles. The van der Waals surface area contributed by atoms with E-state index >= 15 is 0 Å². The van der Waals surface area contributed by atoms with Crippen LogP contribution in [0.5, 0.6) is 5.75 Å². The molecule has 0 saturated heterocycles. The lowest BCUT2D eigenvalue weighted by Gasteiger charge is -2.03. The van der Waals surface area contributed by atoms with Crippen molar-refractivity contribution >= 4 is 27.1 Å². The van der Waals surface area contributed by atoms with E-state index in [1.54, 1.807) is 7.11 Å². The highest BCUT2D eigenvalue weighted by molar-refractivity contribution is 9.10. The van der Waals surface area contributed by atoms with E-state index in [2.05, 4.69) is 20.9 Å². The van der Waals surface area contributed by atoms with Gasteiger partial charge < -0.3 is 10.5 Å². The summed E-state index contributed by atoms with van der Waals surface area (Å²) in [6, 6.07) is 11.5. The number of nitrogens with zero attached hydrogens (tertiary/aromatic N) is 2. The normalized spacial score (nSPS) is 10.8. The Hall–Kier alpha value is -2.01. The first kappa shape index (κ1) is 12.0. The number of benzene rings is 1. The van der Waals surface area contributed by atoms with E-state index in [1.165, 1.54) is 0 Å².